The maximum absolute atomic E-state index is 12.5. The van der Waals surface area contributed by atoms with Gasteiger partial charge < -0.3 is 9.80 Å². The lowest BCUT2D eigenvalue weighted by Gasteiger charge is -2.21. The van der Waals surface area contributed by atoms with E-state index in [0.717, 1.165) is 48.3 Å². The van der Waals surface area contributed by atoms with Crippen LogP contribution in [0.5, 0.6) is 0 Å². The second-order valence-electron chi connectivity index (χ2n) is 5.31. The average Bonchev–Trinajstić information content (AvgIpc) is 3.00. The molecule has 0 radical (unpaired) electrons. The zero-order chi connectivity index (χ0) is 14.8. The number of nitrogens with zero attached hydrogens (tertiary/aromatic N) is 3. The van der Waals surface area contributed by atoms with Gasteiger partial charge >= 0.3 is 0 Å². The number of thiazole rings is 1. The molecular weight excluding hydrogens is 302 g/mol. The molecule has 0 N–H and O–H groups in total. The smallest absolute Gasteiger partial charge is 0.263 e. The maximum Gasteiger partial charge on any atom is 0.263 e. The molecule has 2 aromatic rings. The topological polar surface area (TPSA) is 36.4 Å². The van der Waals surface area contributed by atoms with Gasteiger partial charge in [-0.1, -0.05) is 0 Å². The van der Waals surface area contributed by atoms with Crippen LogP contribution in [-0.2, 0) is 0 Å². The number of carbonyl (C=O) groups excluding carboxylic acids is 1. The minimum atomic E-state index is 0.172. The summed E-state index contributed by atoms with van der Waals surface area (Å²) in [6.07, 6.45) is 0.995. The Bertz CT molecular complexity index is 634. The molecule has 1 fully saturated rings. The monoisotopic (exact) mass is 321 g/mol. The van der Waals surface area contributed by atoms with Crippen LogP contribution in [0.15, 0.2) is 17.5 Å². The normalized spacial score (nSPS) is 16.1. The van der Waals surface area contributed by atoms with Gasteiger partial charge in [0.1, 0.15) is 0 Å². The summed E-state index contributed by atoms with van der Waals surface area (Å²) in [6.45, 7) is 7.50. The molecule has 6 heteroatoms. The Morgan fingerprint density at radius 2 is 2.05 bits per heavy atom. The van der Waals surface area contributed by atoms with Gasteiger partial charge in [0, 0.05) is 36.4 Å². The van der Waals surface area contributed by atoms with E-state index in [4.69, 9.17) is 0 Å². The summed E-state index contributed by atoms with van der Waals surface area (Å²) in [6, 6.07) is 3.95. The molecule has 1 aliphatic heterocycles. The van der Waals surface area contributed by atoms with Crippen LogP contribution in [0.2, 0.25) is 0 Å². The Balaban J connectivity index is 1.67. The van der Waals surface area contributed by atoms with Crippen molar-refractivity contribution in [2.24, 2.45) is 0 Å². The summed E-state index contributed by atoms with van der Waals surface area (Å²) in [7, 11) is 0. The quantitative estimate of drug-likeness (QED) is 0.852. The van der Waals surface area contributed by atoms with Crippen LogP contribution in [0.3, 0.4) is 0 Å². The van der Waals surface area contributed by atoms with Gasteiger partial charge in [-0.15, -0.1) is 22.7 Å². The molecule has 0 bridgehead atoms. The molecule has 0 spiro atoms. The second-order valence-corrected chi connectivity index (χ2v) is 7.44. The Labute approximate surface area is 133 Å². The largest absolute Gasteiger partial charge is 0.346 e. The molecular formula is C15H19N3OS2. The number of thiophene rings is 1. The molecule has 112 valence electrons. The molecule has 2 aromatic heterocycles. The van der Waals surface area contributed by atoms with Gasteiger partial charge in [-0.2, -0.15) is 0 Å². The number of aromatic nitrogens is 1. The van der Waals surface area contributed by atoms with E-state index in [1.165, 1.54) is 4.88 Å². The Hall–Kier alpha value is -1.40. The number of rotatable bonds is 2. The lowest BCUT2D eigenvalue weighted by Crippen LogP contribution is -2.34. The fourth-order valence-electron chi connectivity index (χ4n) is 2.50. The van der Waals surface area contributed by atoms with Crippen LogP contribution in [0.25, 0.3) is 0 Å². The number of anilines is 1. The first-order chi connectivity index (χ1) is 10.1. The van der Waals surface area contributed by atoms with Crippen LogP contribution in [0.4, 0.5) is 5.13 Å². The average molecular weight is 321 g/mol. The highest BCUT2D eigenvalue weighted by molar-refractivity contribution is 7.14. The standard InChI is InChI=1S/C15H19N3OS2/c1-11-10-20-15(16-11)18-7-3-6-17(8-9-18)14(19)13-5-4-12(2)21-13/h4-5,10H,3,6-9H2,1-2H3. The van der Waals surface area contributed by atoms with Crippen molar-refractivity contribution in [3.8, 4) is 0 Å². The third kappa shape index (κ3) is 3.27. The highest BCUT2D eigenvalue weighted by Gasteiger charge is 2.22. The molecule has 21 heavy (non-hydrogen) atoms. The van der Waals surface area contributed by atoms with Crippen LogP contribution in [-0.4, -0.2) is 42.0 Å². The summed E-state index contributed by atoms with van der Waals surface area (Å²) >= 11 is 3.27. The van der Waals surface area contributed by atoms with E-state index in [9.17, 15) is 4.79 Å². The number of carbonyl (C=O) groups is 1. The number of amides is 1. The summed E-state index contributed by atoms with van der Waals surface area (Å²) < 4.78 is 0. The molecule has 1 amide bonds. The van der Waals surface area contributed by atoms with Crippen molar-refractivity contribution in [2.75, 3.05) is 31.1 Å². The van der Waals surface area contributed by atoms with E-state index in [2.05, 4.69) is 15.3 Å². The lowest BCUT2D eigenvalue weighted by atomic mass is 10.3. The molecule has 1 saturated heterocycles. The van der Waals surface area contributed by atoms with Crippen LogP contribution in [0.1, 0.15) is 26.7 Å². The number of aryl methyl sites for hydroxylation is 2. The van der Waals surface area contributed by atoms with Crippen molar-refractivity contribution in [3.63, 3.8) is 0 Å². The van der Waals surface area contributed by atoms with Crippen molar-refractivity contribution in [1.29, 1.82) is 0 Å². The van der Waals surface area contributed by atoms with Gasteiger partial charge in [0.25, 0.3) is 5.91 Å². The fraction of sp³-hybridized carbons (Fsp3) is 0.467. The van der Waals surface area contributed by atoms with Crippen molar-refractivity contribution in [3.05, 3.63) is 33.0 Å². The van der Waals surface area contributed by atoms with Crippen LogP contribution >= 0.6 is 22.7 Å². The third-order valence-corrected chi connectivity index (χ3v) is 5.62. The lowest BCUT2D eigenvalue weighted by molar-refractivity contribution is 0.0772. The summed E-state index contributed by atoms with van der Waals surface area (Å²) in [5, 5.41) is 3.16. The minimum Gasteiger partial charge on any atom is -0.346 e. The predicted octanol–water partition coefficient (Wildman–Crippen LogP) is 3.17. The van der Waals surface area contributed by atoms with E-state index in [-0.39, 0.29) is 5.91 Å². The number of hydrogen-bond acceptors (Lipinski definition) is 5. The first kappa shape index (κ1) is 14.5. The van der Waals surface area contributed by atoms with Crippen molar-refractivity contribution in [1.82, 2.24) is 9.88 Å². The molecule has 4 nitrogen and oxygen atoms in total. The zero-order valence-electron chi connectivity index (χ0n) is 12.3. The SMILES string of the molecule is Cc1csc(N2CCCN(C(=O)c3ccc(C)s3)CC2)n1. The van der Waals surface area contributed by atoms with Gasteiger partial charge in [-0.3, -0.25) is 4.79 Å². The molecule has 0 aliphatic carbocycles. The second kappa shape index (κ2) is 6.15. The van der Waals surface area contributed by atoms with Gasteiger partial charge in [0.05, 0.1) is 10.6 Å². The fourth-order valence-corrected chi connectivity index (χ4v) is 4.20. The summed E-state index contributed by atoms with van der Waals surface area (Å²) in [4.78, 5) is 23.4. The summed E-state index contributed by atoms with van der Waals surface area (Å²) in [5.74, 6) is 0.172. The first-order valence-electron chi connectivity index (χ1n) is 7.16. The van der Waals surface area contributed by atoms with Gasteiger partial charge in [0.2, 0.25) is 0 Å². The first-order valence-corrected chi connectivity index (χ1v) is 8.86. The highest BCUT2D eigenvalue weighted by Crippen LogP contribution is 2.23. The van der Waals surface area contributed by atoms with E-state index in [1.807, 2.05) is 30.9 Å². The van der Waals surface area contributed by atoms with Crippen LogP contribution in [0, 0.1) is 13.8 Å². The minimum absolute atomic E-state index is 0.172. The van der Waals surface area contributed by atoms with Gasteiger partial charge in [-0.05, 0) is 32.4 Å². The summed E-state index contributed by atoms with van der Waals surface area (Å²) in [5.41, 5.74) is 1.07. The van der Waals surface area contributed by atoms with E-state index >= 15 is 0 Å². The number of hydrogen-bond donors (Lipinski definition) is 0. The molecule has 3 heterocycles. The molecule has 0 unspecified atom stereocenters. The van der Waals surface area contributed by atoms with Crippen molar-refractivity contribution >= 4 is 33.7 Å². The Morgan fingerprint density at radius 3 is 2.71 bits per heavy atom. The third-order valence-electron chi connectivity index (χ3n) is 3.61. The van der Waals surface area contributed by atoms with E-state index in [0.29, 0.717) is 0 Å². The van der Waals surface area contributed by atoms with E-state index in [1.54, 1.807) is 22.7 Å². The zero-order valence-corrected chi connectivity index (χ0v) is 14.0. The Morgan fingerprint density at radius 1 is 1.19 bits per heavy atom. The molecule has 1 aliphatic rings. The molecule has 0 saturated carbocycles. The van der Waals surface area contributed by atoms with Crippen molar-refractivity contribution < 1.29 is 4.79 Å². The van der Waals surface area contributed by atoms with Crippen molar-refractivity contribution in [2.45, 2.75) is 20.3 Å². The predicted molar refractivity (Wildman–Crippen MR) is 88.6 cm³/mol. The maximum atomic E-state index is 12.5. The molecule has 0 atom stereocenters. The molecule has 0 aromatic carbocycles. The molecule has 3 rings (SSSR count). The van der Waals surface area contributed by atoms with Gasteiger partial charge in [0.15, 0.2) is 5.13 Å². The van der Waals surface area contributed by atoms with Crippen LogP contribution < -0.4 is 4.90 Å². The Kier molecular flexibility index (Phi) is 4.26. The van der Waals surface area contributed by atoms with E-state index < -0.39 is 0 Å². The van der Waals surface area contributed by atoms with Gasteiger partial charge in [-0.25, -0.2) is 4.98 Å². The highest BCUT2D eigenvalue weighted by atomic mass is 32.1.